The molecule has 0 bridgehead atoms. The van der Waals surface area contributed by atoms with Crippen LogP contribution in [0.4, 0.5) is 0 Å². The van der Waals surface area contributed by atoms with Crippen LogP contribution in [0.1, 0.15) is 73.1 Å². The zero-order valence-corrected chi connectivity index (χ0v) is 14.8. The molecule has 0 spiro atoms. The molecule has 3 heteroatoms. The molecule has 0 aromatic carbocycles. The third kappa shape index (κ3) is 11.7. The second-order valence-corrected chi connectivity index (χ2v) is 7.13. The highest BCUT2D eigenvalue weighted by Crippen LogP contribution is 2.13. The van der Waals surface area contributed by atoms with Crippen molar-refractivity contribution in [2.45, 2.75) is 84.2 Å². The molecule has 2 N–H and O–H groups in total. The summed E-state index contributed by atoms with van der Waals surface area (Å²) in [6.07, 6.45) is 7.31. The maximum Gasteiger partial charge on any atom is 0.0462 e. The predicted octanol–water partition coefficient (Wildman–Crippen LogP) is 3.73. The van der Waals surface area contributed by atoms with Crippen LogP contribution < -0.4 is 10.6 Å². The lowest BCUT2D eigenvalue weighted by Gasteiger charge is -2.27. The topological polar surface area (TPSA) is 33.3 Å². The van der Waals surface area contributed by atoms with Crippen molar-refractivity contribution >= 4 is 0 Å². The van der Waals surface area contributed by atoms with Gasteiger partial charge in [-0.25, -0.2) is 0 Å². The van der Waals surface area contributed by atoms with Crippen LogP contribution in [0.15, 0.2) is 0 Å². The smallest absolute Gasteiger partial charge is 0.0462 e. The molecule has 0 atom stereocenters. The largest absolute Gasteiger partial charge is 0.385 e. The number of methoxy groups -OCH3 is 1. The minimum Gasteiger partial charge on any atom is -0.385 e. The van der Waals surface area contributed by atoms with Crippen molar-refractivity contribution in [3.8, 4) is 0 Å². The van der Waals surface area contributed by atoms with Crippen LogP contribution in [0.2, 0.25) is 0 Å². The molecule has 0 saturated carbocycles. The van der Waals surface area contributed by atoms with E-state index in [9.17, 15) is 0 Å². The Morgan fingerprint density at radius 1 is 0.800 bits per heavy atom. The van der Waals surface area contributed by atoms with E-state index in [4.69, 9.17) is 4.74 Å². The summed E-state index contributed by atoms with van der Waals surface area (Å²) in [5, 5.41) is 7.29. The molecule has 0 unspecified atom stereocenters. The highest BCUT2D eigenvalue weighted by atomic mass is 16.5. The number of hydrogen-bond donors (Lipinski definition) is 2. The van der Waals surface area contributed by atoms with E-state index in [2.05, 4.69) is 45.3 Å². The molecule has 20 heavy (non-hydrogen) atoms. The van der Waals surface area contributed by atoms with E-state index in [-0.39, 0.29) is 11.1 Å². The number of rotatable bonds is 13. The van der Waals surface area contributed by atoms with Gasteiger partial charge in [-0.2, -0.15) is 0 Å². The molecule has 0 radical (unpaired) electrons. The van der Waals surface area contributed by atoms with Crippen LogP contribution in [0.5, 0.6) is 0 Å². The van der Waals surface area contributed by atoms with E-state index >= 15 is 0 Å². The molecule has 0 aromatic rings. The Morgan fingerprint density at radius 3 is 1.90 bits per heavy atom. The maximum atomic E-state index is 5.07. The van der Waals surface area contributed by atoms with Crippen molar-refractivity contribution in [2.24, 2.45) is 0 Å². The predicted molar refractivity (Wildman–Crippen MR) is 89.4 cm³/mol. The Bertz CT molecular complexity index is 227. The summed E-state index contributed by atoms with van der Waals surface area (Å²) in [5.41, 5.74) is 0.544. The van der Waals surface area contributed by atoms with E-state index in [0.717, 1.165) is 26.1 Å². The van der Waals surface area contributed by atoms with Gasteiger partial charge in [-0.3, -0.25) is 0 Å². The monoisotopic (exact) mass is 286 g/mol. The molecule has 3 nitrogen and oxygen atoms in total. The van der Waals surface area contributed by atoms with Crippen molar-refractivity contribution in [2.75, 3.05) is 26.8 Å². The van der Waals surface area contributed by atoms with Crippen LogP contribution in [-0.4, -0.2) is 37.9 Å². The number of unbranched alkanes of at least 4 members (excludes halogenated alkanes) is 2. The Morgan fingerprint density at radius 2 is 1.35 bits per heavy atom. The van der Waals surface area contributed by atoms with Gasteiger partial charge in [0.2, 0.25) is 0 Å². The average molecular weight is 287 g/mol. The Labute approximate surface area is 127 Å². The minimum atomic E-state index is 0.257. The van der Waals surface area contributed by atoms with Crippen molar-refractivity contribution in [3.63, 3.8) is 0 Å². The van der Waals surface area contributed by atoms with Crippen molar-refractivity contribution in [1.29, 1.82) is 0 Å². The lowest BCUT2D eigenvalue weighted by Crippen LogP contribution is -2.41. The van der Waals surface area contributed by atoms with Gasteiger partial charge in [0.1, 0.15) is 0 Å². The lowest BCUT2D eigenvalue weighted by molar-refractivity contribution is 0.191. The van der Waals surface area contributed by atoms with Gasteiger partial charge in [-0.15, -0.1) is 0 Å². The second kappa shape index (κ2) is 10.6. The minimum absolute atomic E-state index is 0.257. The highest BCUT2D eigenvalue weighted by molar-refractivity contribution is 4.78. The van der Waals surface area contributed by atoms with E-state index in [1.165, 1.54) is 32.1 Å². The molecular formula is C17H38N2O. The van der Waals surface area contributed by atoms with Gasteiger partial charge < -0.3 is 15.4 Å². The average Bonchev–Trinajstić information content (AvgIpc) is 2.38. The highest BCUT2D eigenvalue weighted by Gasteiger charge is 2.16. The Balaban J connectivity index is 3.56. The zero-order valence-electron chi connectivity index (χ0n) is 14.8. The third-order valence-electron chi connectivity index (χ3n) is 4.09. The number of ether oxygens (including phenoxy) is 1. The first kappa shape index (κ1) is 19.9. The first-order chi connectivity index (χ1) is 9.33. The van der Waals surface area contributed by atoms with E-state index < -0.39 is 0 Å². The first-order valence-corrected chi connectivity index (χ1v) is 8.32. The quantitative estimate of drug-likeness (QED) is 0.506. The van der Waals surface area contributed by atoms with Crippen molar-refractivity contribution < 1.29 is 4.74 Å². The zero-order chi connectivity index (χ0) is 15.5. The van der Waals surface area contributed by atoms with Crippen LogP contribution in [0.25, 0.3) is 0 Å². The normalized spacial score (nSPS) is 12.9. The molecular weight excluding hydrogens is 248 g/mol. The molecule has 122 valence electrons. The molecule has 0 saturated heterocycles. The summed E-state index contributed by atoms with van der Waals surface area (Å²) < 4.78 is 5.07. The standard InChI is InChI=1S/C17H38N2O/c1-7-16(2,3)18-13-9-8-12-17(4,5)19-14-10-11-15-20-6/h18-19H,7-15H2,1-6H3. The van der Waals surface area contributed by atoms with Gasteiger partial charge >= 0.3 is 0 Å². The molecule has 0 aliphatic heterocycles. The number of nitrogens with one attached hydrogen (secondary N) is 2. The summed E-state index contributed by atoms with van der Waals surface area (Å²) in [4.78, 5) is 0. The van der Waals surface area contributed by atoms with Gasteiger partial charge in [-0.05, 0) is 72.9 Å². The summed E-state index contributed by atoms with van der Waals surface area (Å²) in [6, 6.07) is 0. The van der Waals surface area contributed by atoms with Gasteiger partial charge in [0.25, 0.3) is 0 Å². The summed E-state index contributed by atoms with van der Waals surface area (Å²) >= 11 is 0. The van der Waals surface area contributed by atoms with E-state index in [0.29, 0.717) is 0 Å². The second-order valence-electron chi connectivity index (χ2n) is 7.13. The fourth-order valence-corrected chi connectivity index (χ4v) is 2.13. The van der Waals surface area contributed by atoms with Gasteiger partial charge in [0, 0.05) is 24.8 Å². The van der Waals surface area contributed by atoms with E-state index in [1.807, 2.05) is 0 Å². The molecule has 0 amide bonds. The summed E-state index contributed by atoms with van der Waals surface area (Å²) in [6.45, 7) is 14.5. The van der Waals surface area contributed by atoms with Crippen LogP contribution >= 0.6 is 0 Å². The van der Waals surface area contributed by atoms with Crippen molar-refractivity contribution in [3.05, 3.63) is 0 Å². The fourth-order valence-electron chi connectivity index (χ4n) is 2.13. The van der Waals surface area contributed by atoms with E-state index in [1.54, 1.807) is 7.11 Å². The maximum absolute atomic E-state index is 5.07. The first-order valence-electron chi connectivity index (χ1n) is 8.32. The molecule has 0 aliphatic carbocycles. The Kier molecular flexibility index (Phi) is 10.5. The molecule has 0 aliphatic rings. The molecule has 0 fully saturated rings. The summed E-state index contributed by atoms with van der Waals surface area (Å²) in [5.74, 6) is 0. The van der Waals surface area contributed by atoms with Crippen LogP contribution in [-0.2, 0) is 4.74 Å². The van der Waals surface area contributed by atoms with Gasteiger partial charge in [0.05, 0.1) is 0 Å². The van der Waals surface area contributed by atoms with Crippen LogP contribution in [0, 0.1) is 0 Å². The molecule has 0 heterocycles. The molecule has 0 rings (SSSR count). The summed E-state index contributed by atoms with van der Waals surface area (Å²) in [7, 11) is 1.77. The SMILES string of the molecule is CCC(C)(C)NCCCCC(C)(C)NCCCCOC. The number of hydrogen-bond acceptors (Lipinski definition) is 3. The third-order valence-corrected chi connectivity index (χ3v) is 4.09. The Hall–Kier alpha value is -0.120. The molecule has 0 aromatic heterocycles. The van der Waals surface area contributed by atoms with Gasteiger partial charge in [-0.1, -0.05) is 13.3 Å². The van der Waals surface area contributed by atoms with Crippen LogP contribution in [0.3, 0.4) is 0 Å². The fraction of sp³-hybridized carbons (Fsp3) is 1.00. The lowest BCUT2D eigenvalue weighted by atomic mass is 9.96. The van der Waals surface area contributed by atoms with Gasteiger partial charge in [0.15, 0.2) is 0 Å². The van der Waals surface area contributed by atoms with Crippen molar-refractivity contribution in [1.82, 2.24) is 10.6 Å².